The van der Waals surface area contributed by atoms with Gasteiger partial charge in [0.2, 0.25) is 5.91 Å². The van der Waals surface area contributed by atoms with Crippen molar-refractivity contribution in [3.05, 3.63) is 107 Å². The first-order valence-electron chi connectivity index (χ1n) is 11.7. The van der Waals surface area contributed by atoms with Crippen molar-refractivity contribution in [2.45, 2.75) is 4.90 Å². The van der Waals surface area contributed by atoms with Crippen molar-refractivity contribution < 1.29 is 23.9 Å². The number of anilines is 2. The zero-order chi connectivity index (χ0) is 27.4. The highest BCUT2D eigenvalue weighted by molar-refractivity contribution is 8.00. The summed E-state index contributed by atoms with van der Waals surface area (Å²) >= 11 is 2.62. The van der Waals surface area contributed by atoms with Crippen LogP contribution in [0.1, 0.15) is 20.7 Å². The lowest BCUT2D eigenvalue weighted by Crippen LogP contribution is -2.14. The smallest absolute Gasteiger partial charge is 0.336 e. The Morgan fingerprint density at radius 3 is 2.26 bits per heavy atom. The molecule has 3 N–H and O–H groups in total. The van der Waals surface area contributed by atoms with E-state index in [0.717, 1.165) is 10.5 Å². The maximum absolute atomic E-state index is 13.1. The predicted octanol–water partition coefficient (Wildman–Crippen LogP) is 6.78. The Hall–Kier alpha value is -4.54. The lowest BCUT2D eigenvalue weighted by Gasteiger charge is -2.11. The van der Waals surface area contributed by atoms with Gasteiger partial charge in [-0.3, -0.25) is 9.59 Å². The standard InChI is InChI=1S/C29H20FN3O4S2/c30-19-9-7-17(8-10-19)24-15-39-29(32-24)33-25(34)16-38-21-13-11-20(12-14-21)31-27(35)22-5-1-3-18-4-2-6-23(26(18)22)28(36)37/h1-15H,16H2,(H,31,35)(H,36,37)(H,32,33,34). The van der Waals surface area contributed by atoms with Gasteiger partial charge < -0.3 is 15.7 Å². The molecule has 0 saturated carbocycles. The number of aromatic carboxylic acids is 1. The summed E-state index contributed by atoms with van der Waals surface area (Å²) in [5.74, 6) is -1.91. The summed E-state index contributed by atoms with van der Waals surface area (Å²) in [5, 5.41) is 18.4. The number of halogens is 1. The second-order valence-electron chi connectivity index (χ2n) is 8.37. The van der Waals surface area contributed by atoms with Crippen LogP contribution in [0.5, 0.6) is 0 Å². The third-order valence-corrected chi connectivity index (χ3v) is 7.52. The Bertz CT molecular complexity index is 1680. The Kier molecular flexibility index (Phi) is 7.67. The summed E-state index contributed by atoms with van der Waals surface area (Å²) in [7, 11) is 0. The van der Waals surface area contributed by atoms with Crippen LogP contribution in [0.25, 0.3) is 22.0 Å². The molecule has 0 aliphatic rings. The van der Waals surface area contributed by atoms with Gasteiger partial charge in [0.05, 0.1) is 17.0 Å². The molecule has 7 nitrogen and oxygen atoms in total. The van der Waals surface area contributed by atoms with Crippen molar-refractivity contribution in [2.24, 2.45) is 0 Å². The van der Waals surface area contributed by atoms with Gasteiger partial charge in [0, 0.05) is 32.5 Å². The molecule has 1 heterocycles. The second-order valence-corrected chi connectivity index (χ2v) is 10.3. The van der Waals surface area contributed by atoms with Crippen LogP contribution < -0.4 is 10.6 Å². The fourth-order valence-corrected chi connectivity index (χ4v) is 5.36. The first-order valence-corrected chi connectivity index (χ1v) is 13.5. The van der Waals surface area contributed by atoms with E-state index in [1.54, 1.807) is 72.1 Å². The fraction of sp³-hybridized carbons (Fsp3) is 0.0345. The summed E-state index contributed by atoms with van der Waals surface area (Å²) in [4.78, 5) is 42.3. The van der Waals surface area contributed by atoms with Gasteiger partial charge in [-0.15, -0.1) is 23.1 Å². The number of nitrogens with zero attached hydrogens (tertiary/aromatic N) is 1. The summed E-state index contributed by atoms with van der Waals surface area (Å²) < 4.78 is 13.1. The molecule has 0 fully saturated rings. The van der Waals surface area contributed by atoms with Crippen LogP contribution in [-0.2, 0) is 4.79 Å². The van der Waals surface area contributed by atoms with Gasteiger partial charge in [-0.05, 0) is 66.0 Å². The lowest BCUT2D eigenvalue weighted by molar-refractivity contribution is -0.113. The number of thioether (sulfide) groups is 1. The fourth-order valence-electron chi connectivity index (χ4n) is 3.93. The average Bonchev–Trinajstić information content (AvgIpc) is 3.40. The second kappa shape index (κ2) is 11.5. The summed E-state index contributed by atoms with van der Waals surface area (Å²) in [5.41, 5.74) is 2.29. The molecular formula is C29H20FN3O4S2. The molecule has 0 spiro atoms. The molecule has 1 aromatic heterocycles. The molecule has 0 aliphatic carbocycles. The molecule has 39 heavy (non-hydrogen) atoms. The van der Waals surface area contributed by atoms with Gasteiger partial charge in [-0.2, -0.15) is 0 Å². The Morgan fingerprint density at radius 1 is 0.872 bits per heavy atom. The molecule has 0 radical (unpaired) electrons. The lowest BCUT2D eigenvalue weighted by atomic mass is 9.98. The molecule has 5 rings (SSSR count). The van der Waals surface area contributed by atoms with E-state index in [9.17, 15) is 23.9 Å². The predicted molar refractivity (Wildman–Crippen MR) is 152 cm³/mol. The molecule has 0 saturated heterocycles. The van der Waals surface area contributed by atoms with Gasteiger partial charge in [0.25, 0.3) is 5.91 Å². The number of aromatic nitrogens is 1. The number of carboxylic acids is 1. The van der Waals surface area contributed by atoms with Crippen LogP contribution in [0.15, 0.2) is 95.2 Å². The normalized spacial score (nSPS) is 10.8. The van der Waals surface area contributed by atoms with Crippen molar-refractivity contribution in [1.29, 1.82) is 0 Å². The van der Waals surface area contributed by atoms with Crippen LogP contribution in [0.4, 0.5) is 15.2 Å². The largest absolute Gasteiger partial charge is 0.478 e. The minimum atomic E-state index is -1.10. The van der Waals surface area contributed by atoms with Gasteiger partial charge in [0.15, 0.2) is 5.13 Å². The van der Waals surface area contributed by atoms with E-state index in [4.69, 9.17) is 0 Å². The van der Waals surface area contributed by atoms with E-state index in [1.165, 1.54) is 41.3 Å². The number of fused-ring (bicyclic) bond motifs is 1. The van der Waals surface area contributed by atoms with Crippen LogP contribution in [-0.4, -0.2) is 33.6 Å². The molecule has 0 aliphatic heterocycles. The SMILES string of the molecule is O=C(CSc1ccc(NC(=O)c2cccc3cccc(C(=O)O)c23)cc1)Nc1nc(-c2ccc(F)cc2)cs1. The average molecular weight is 558 g/mol. The van der Waals surface area contributed by atoms with E-state index < -0.39 is 11.9 Å². The van der Waals surface area contributed by atoms with Crippen molar-refractivity contribution in [3.8, 4) is 11.3 Å². The molecule has 0 atom stereocenters. The maximum Gasteiger partial charge on any atom is 0.336 e. The van der Waals surface area contributed by atoms with E-state index >= 15 is 0 Å². The van der Waals surface area contributed by atoms with Crippen molar-refractivity contribution in [1.82, 2.24) is 4.98 Å². The quantitative estimate of drug-likeness (QED) is 0.182. The molecule has 2 amide bonds. The highest BCUT2D eigenvalue weighted by Crippen LogP contribution is 2.27. The zero-order valence-corrected chi connectivity index (χ0v) is 21.8. The van der Waals surface area contributed by atoms with Crippen LogP contribution >= 0.6 is 23.1 Å². The number of rotatable bonds is 8. The van der Waals surface area contributed by atoms with Gasteiger partial charge in [-0.25, -0.2) is 14.2 Å². The first kappa shape index (κ1) is 26.1. The maximum atomic E-state index is 13.1. The Balaban J connectivity index is 1.18. The number of carbonyl (C=O) groups is 3. The number of hydrogen-bond acceptors (Lipinski definition) is 6. The molecule has 194 valence electrons. The van der Waals surface area contributed by atoms with Crippen molar-refractivity contribution in [3.63, 3.8) is 0 Å². The molecule has 0 unspecified atom stereocenters. The zero-order valence-electron chi connectivity index (χ0n) is 20.2. The van der Waals surface area contributed by atoms with Gasteiger partial charge >= 0.3 is 5.97 Å². The summed E-state index contributed by atoms with van der Waals surface area (Å²) in [6, 6.07) is 23.0. The monoisotopic (exact) mass is 557 g/mol. The number of hydrogen-bond donors (Lipinski definition) is 3. The van der Waals surface area contributed by atoms with E-state index in [-0.39, 0.29) is 28.6 Å². The number of benzene rings is 4. The first-order chi connectivity index (χ1) is 18.9. The van der Waals surface area contributed by atoms with Gasteiger partial charge in [-0.1, -0.05) is 24.3 Å². The summed E-state index contributed by atoms with van der Waals surface area (Å²) in [6.07, 6.45) is 0. The Labute approximate surface area is 230 Å². The van der Waals surface area contributed by atoms with Crippen LogP contribution in [0.3, 0.4) is 0 Å². The number of carbonyl (C=O) groups excluding carboxylic acids is 2. The Morgan fingerprint density at radius 2 is 1.56 bits per heavy atom. The number of carboxylic acid groups (broad SMARTS) is 1. The van der Waals surface area contributed by atoms with Crippen molar-refractivity contribution in [2.75, 3.05) is 16.4 Å². The molecule has 10 heteroatoms. The van der Waals surface area contributed by atoms with Crippen molar-refractivity contribution >= 4 is 62.5 Å². The summed E-state index contributed by atoms with van der Waals surface area (Å²) in [6.45, 7) is 0. The molecule has 0 bridgehead atoms. The van der Waals surface area contributed by atoms with E-state index in [0.29, 0.717) is 27.3 Å². The van der Waals surface area contributed by atoms with Crippen LogP contribution in [0, 0.1) is 5.82 Å². The molecular weight excluding hydrogens is 537 g/mol. The highest BCUT2D eigenvalue weighted by Gasteiger charge is 2.17. The number of nitrogens with one attached hydrogen (secondary N) is 2. The number of thiazole rings is 1. The topological polar surface area (TPSA) is 108 Å². The van der Waals surface area contributed by atoms with Gasteiger partial charge in [0.1, 0.15) is 5.82 Å². The molecule has 5 aromatic rings. The minimum Gasteiger partial charge on any atom is -0.478 e. The van der Waals surface area contributed by atoms with E-state index in [1.807, 2.05) is 0 Å². The number of amides is 2. The third-order valence-electron chi connectivity index (χ3n) is 5.75. The highest BCUT2D eigenvalue weighted by atomic mass is 32.2. The molecule has 4 aromatic carbocycles. The van der Waals surface area contributed by atoms with Crippen LogP contribution in [0.2, 0.25) is 0 Å². The minimum absolute atomic E-state index is 0.0627. The third kappa shape index (κ3) is 6.14. The van der Waals surface area contributed by atoms with E-state index in [2.05, 4.69) is 15.6 Å².